The number of nitrogens with zero attached hydrogens (tertiary/aromatic N) is 2. The van der Waals surface area contributed by atoms with Crippen LogP contribution in [-0.4, -0.2) is 49.7 Å². The zero-order valence-electron chi connectivity index (χ0n) is 15.4. The van der Waals surface area contributed by atoms with Crippen molar-refractivity contribution in [3.8, 4) is 5.75 Å². The number of carbonyl (C=O) groups excluding carboxylic acids is 1. The van der Waals surface area contributed by atoms with E-state index in [4.69, 9.17) is 4.74 Å². The van der Waals surface area contributed by atoms with Gasteiger partial charge in [-0.2, -0.15) is 17.0 Å². The maximum Gasteiger partial charge on any atom is 0.282 e. The SMILES string of the molecule is COc1ccc(NC(=O)CN2CCN(Cc3ccc(C)cc3)S2(=O)=O)cc1. The van der Waals surface area contributed by atoms with E-state index in [-0.39, 0.29) is 12.5 Å². The lowest BCUT2D eigenvalue weighted by Gasteiger charge is -2.18. The summed E-state index contributed by atoms with van der Waals surface area (Å²) in [7, 11) is -2.08. The Kier molecular flexibility index (Phi) is 5.79. The lowest BCUT2D eigenvalue weighted by atomic mass is 10.1. The van der Waals surface area contributed by atoms with Crippen LogP contribution in [0.4, 0.5) is 5.69 Å². The monoisotopic (exact) mass is 389 g/mol. The zero-order chi connectivity index (χ0) is 19.4. The molecule has 1 aliphatic rings. The van der Waals surface area contributed by atoms with Crippen LogP contribution in [0.25, 0.3) is 0 Å². The predicted molar refractivity (Wildman–Crippen MR) is 104 cm³/mol. The van der Waals surface area contributed by atoms with E-state index in [0.29, 0.717) is 31.1 Å². The highest BCUT2D eigenvalue weighted by atomic mass is 32.2. The molecule has 1 amide bonds. The van der Waals surface area contributed by atoms with Crippen molar-refractivity contribution in [2.75, 3.05) is 32.1 Å². The highest BCUT2D eigenvalue weighted by molar-refractivity contribution is 7.87. The van der Waals surface area contributed by atoms with E-state index in [0.717, 1.165) is 11.1 Å². The normalized spacial score (nSPS) is 17.0. The van der Waals surface area contributed by atoms with Gasteiger partial charge in [-0.05, 0) is 36.8 Å². The molecule has 1 N–H and O–H groups in total. The van der Waals surface area contributed by atoms with E-state index < -0.39 is 10.2 Å². The average molecular weight is 389 g/mol. The molecule has 1 fully saturated rings. The van der Waals surface area contributed by atoms with Gasteiger partial charge in [-0.1, -0.05) is 29.8 Å². The van der Waals surface area contributed by atoms with E-state index in [1.165, 1.54) is 8.61 Å². The second kappa shape index (κ2) is 8.08. The van der Waals surface area contributed by atoms with E-state index in [1.54, 1.807) is 31.4 Å². The van der Waals surface area contributed by atoms with Crippen LogP contribution in [0.5, 0.6) is 5.75 Å². The van der Waals surface area contributed by atoms with E-state index in [2.05, 4.69) is 5.32 Å². The first-order valence-electron chi connectivity index (χ1n) is 8.63. The van der Waals surface area contributed by atoms with E-state index in [9.17, 15) is 13.2 Å². The summed E-state index contributed by atoms with van der Waals surface area (Å²) in [6.45, 7) is 2.74. The van der Waals surface area contributed by atoms with Crippen LogP contribution < -0.4 is 10.1 Å². The molecule has 144 valence electrons. The van der Waals surface area contributed by atoms with Gasteiger partial charge in [0, 0.05) is 25.3 Å². The lowest BCUT2D eigenvalue weighted by Crippen LogP contribution is -2.37. The summed E-state index contributed by atoms with van der Waals surface area (Å²) in [5, 5.41) is 2.71. The summed E-state index contributed by atoms with van der Waals surface area (Å²) in [5.41, 5.74) is 2.64. The van der Waals surface area contributed by atoms with Gasteiger partial charge >= 0.3 is 0 Å². The molecule has 8 heteroatoms. The molecular weight excluding hydrogens is 366 g/mol. The number of nitrogens with one attached hydrogen (secondary N) is 1. The minimum atomic E-state index is -3.65. The molecule has 0 radical (unpaired) electrons. The number of methoxy groups -OCH3 is 1. The topological polar surface area (TPSA) is 79.0 Å². The molecule has 2 aromatic carbocycles. The molecule has 7 nitrogen and oxygen atoms in total. The maximum atomic E-state index is 12.7. The van der Waals surface area contributed by atoms with Crippen LogP contribution in [0.2, 0.25) is 0 Å². The fraction of sp³-hybridized carbons (Fsp3) is 0.316. The van der Waals surface area contributed by atoms with Gasteiger partial charge in [-0.15, -0.1) is 0 Å². The smallest absolute Gasteiger partial charge is 0.282 e. The summed E-state index contributed by atoms with van der Waals surface area (Å²) in [4.78, 5) is 12.2. The van der Waals surface area contributed by atoms with Crippen LogP contribution >= 0.6 is 0 Å². The average Bonchev–Trinajstić information content (AvgIpc) is 2.91. The van der Waals surface area contributed by atoms with Crippen molar-refractivity contribution in [2.24, 2.45) is 0 Å². The molecule has 0 saturated carbocycles. The van der Waals surface area contributed by atoms with Crippen LogP contribution in [0, 0.1) is 6.92 Å². The molecule has 0 aliphatic carbocycles. The number of benzene rings is 2. The number of hydrogen-bond acceptors (Lipinski definition) is 4. The number of aryl methyl sites for hydroxylation is 1. The Labute approximate surface area is 159 Å². The summed E-state index contributed by atoms with van der Waals surface area (Å²) >= 11 is 0. The number of hydrogen-bond donors (Lipinski definition) is 1. The molecule has 0 atom stereocenters. The Hall–Kier alpha value is -2.42. The van der Waals surface area contributed by atoms with Crippen LogP contribution in [0.3, 0.4) is 0 Å². The number of anilines is 1. The minimum Gasteiger partial charge on any atom is -0.497 e. The molecule has 1 heterocycles. The number of carbonyl (C=O) groups is 1. The van der Waals surface area contributed by atoms with E-state index in [1.807, 2.05) is 31.2 Å². The zero-order valence-corrected chi connectivity index (χ0v) is 16.2. The van der Waals surface area contributed by atoms with Crippen LogP contribution in [0.1, 0.15) is 11.1 Å². The van der Waals surface area contributed by atoms with Crippen molar-refractivity contribution in [3.63, 3.8) is 0 Å². The van der Waals surface area contributed by atoms with Gasteiger partial charge in [-0.25, -0.2) is 0 Å². The minimum absolute atomic E-state index is 0.210. The predicted octanol–water partition coefficient (Wildman–Crippen LogP) is 2.00. The number of amides is 1. The molecule has 2 aromatic rings. The molecule has 27 heavy (non-hydrogen) atoms. The second-order valence-electron chi connectivity index (χ2n) is 6.44. The van der Waals surface area contributed by atoms with Crippen molar-refractivity contribution in [1.82, 2.24) is 8.61 Å². The van der Waals surface area contributed by atoms with Crippen molar-refractivity contribution >= 4 is 21.8 Å². The van der Waals surface area contributed by atoms with Gasteiger partial charge in [-0.3, -0.25) is 4.79 Å². The summed E-state index contributed by atoms with van der Waals surface area (Å²) in [6, 6.07) is 14.6. The standard InChI is InChI=1S/C19H23N3O4S/c1-15-3-5-16(6-4-15)13-21-11-12-22(27(21,24)25)14-19(23)20-17-7-9-18(26-2)10-8-17/h3-10H,11-14H2,1-2H3,(H,20,23). The second-order valence-corrected chi connectivity index (χ2v) is 8.37. The first kappa shape index (κ1) is 19.3. The van der Waals surface area contributed by atoms with Crippen molar-refractivity contribution in [1.29, 1.82) is 0 Å². The fourth-order valence-electron chi connectivity index (χ4n) is 2.87. The van der Waals surface area contributed by atoms with Crippen molar-refractivity contribution in [2.45, 2.75) is 13.5 Å². The Morgan fingerprint density at radius 3 is 2.30 bits per heavy atom. The summed E-state index contributed by atoms with van der Waals surface area (Å²) in [6.07, 6.45) is 0. The molecule has 0 aromatic heterocycles. The largest absolute Gasteiger partial charge is 0.497 e. The van der Waals surface area contributed by atoms with Gasteiger partial charge < -0.3 is 10.1 Å². The van der Waals surface area contributed by atoms with Gasteiger partial charge in [0.25, 0.3) is 10.2 Å². The van der Waals surface area contributed by atoms with Gasteiger partial charge in [0.2, 0.25) is 5.91 Å². The Balaban J connectivity index is 1.60. The number of ether oxygens (including phenoxy) is 1. The van der Waals surface area contributed by atoms with Crippen LogP contribution in [0.15, 0.2) is 48.5 Å². The fourth-order valence-corrected chi connectivity index (χ4v) is 4.41. The Morgan fingerprint density at radius 1 is 1.04 bits per heavy atom. The molecular formula is C19H23N3O4S. The number of rotatable bonds is 6. The summed E-state index contributed by atoms with van der Waals surface area (Å²) < 4.78 is 33.1. The third-order valence-corrected chi connectivity index (χ3v) is 6.35. The van der Waals surface area contributed by atoms with Gasteiger partial charge in [0.15, 0.2) is 0 Å². The molecule has 0 bridgehead atoms. The van der Waals surface area contributed by atoms with Crippen molar-refractivity contribution in [3.05, 3.63) is 59.7 Å². The highest BCUT2D eigenvalue weighted by Crippen LogP contribution is 2.20. The summed E-state index contributed by atoms with van der Waals surface area (Å²) in [5.74, 6) is 0.308. The van der Waals surface area contributed by atoms with E-state index >= 15 is 0 Å². The third kappa shape index (κ3) is 4.65. The Morgan fingerprint density at radius 2 is 1.67 bits per heavy atom. The van der Waals surface area contributed by atoms with Crippen molar-refractivity contribution < 1.29 is 17.9 Å². The third-order valence-electron chi connectivity index (χ3n) is 4.42. The maximum absolute atomic E-state index is 12.7. The van der Waals surface area contributed by atoms with Gasteiger partial charge in [0.05, 0.1) is 13.7 Å². The Bertz CT molecular complexity index is 896. The quantitative estimate of drug-likeness (QED) is 0.820. The first-order valence-corrected chi connectivity index (χ1v) is 10.0. The molecule has 3 rings (SSSR count). The van der Waals surface area contributed by atoms with Gasteiger partial charge in [0.1, 0.15) is 5.75 Å². The molecule has 1 aliphatic heterocycles. The molecule has 0 spiro atoms. The first-order chi connectivity index (χ1) is 12.9. The van der Waals surface area contributed by atoms with Crippen LogP contribution in [-0.2, 0) is 21.5 Å². The highest BCUT2D eigenvalue weighted by Gasteiger charge is 2.37. The lowest BCUT2D eigenvalue weighted by molar-refractivity contribution is -0.116. The molecule has 0 unspecified atom stereocenters. The molecule has 1 saturated heterocycles.